The number of hydrogen-bond acceptors (Lipinski definition) is 5. The molecule has 1 aromatic heterocycles. The van der Waals surface area contributed by atoms with Gasteiger partial charge in [0.15, 0.2) is 0 Å². The standard InChI is InChI=1S/C18H20N4O/c1-11(2)17(19)16-8-14(15-9-21-13(4)22-10-15)7-12(3)18(16)20-5-6-23/h6-10,19-20H,1,5H2,2-4H3. The highest BCUT2D eigenvalue weighted by Gasteiger charge is 2.14. The van der Waals surface area contributed by atoms with E-state index in [1.54, 1.807) is 19.3 Å². The van der Waals surface area contributed by atoms with Crippen molar-refractivity contribution in [3.05, 3.63) is 53.6 Å². The molecule has 1 heterocycles. The van der Waals surface area contributed by atoms with Crippen molar-refractivity contribution in [1.29, 1.82) is 5.41 Å². The van der Waals surface area contributed by atoms with Crippen molar-refractivity contribution >= 4 is 17.7 Å². The first-order valence-corrected chi connectivity index (χ1v) is 7.30. The van der Waals surface area contributed by atoms with Crippen molar-refractivity contribution in [2.75, 3.05) is 11.9 Å². The average molecular weight is 308 g/mol. The summed E-state index contributed by atoms with van der Waals surface area (Å²) >= 11 is 0. The van der Waals surface area contributed by atoms with E-state index in [1.165, 1.54) is 0 Å². The van der Waals surface area contributed by atoms with Crippen LogP contribution in [0.3, 0.4) is 0 Å². The first-order valence-electron chi connectivity index (χ1n) is 7.30. The molecule has 0 fully saturated rings. The minimum Gasteiger partial charge on any atom is -0.377 e. The van der Waals surface area contributed by atoms with Crippen LogP contribution in [-0.4, -0.2) is 28.5 Å². The van der Waals surface area contributed by atoms with Gasteiger partial charge in [0, 0.05) is 29.2 Å². The van der Waals surface area contributed by atoms with E-state index in [4.69, 9.17) is 5.41 Å². The summed E-state index contributed by atoms with van der Waals surface area (Å²) in [6.45, 7) is 9.63. The quantitative estimate of drug-likeness (QED) is 0.634. The molecule has 0 aliphatic rings. The number of carbonyl (C=O) groups is 1. The molecule has 1 aromatic carbocycles. The van der Waals surface area contributed by atoms with Crippen LogP contribution < -0.4 is 5.32 Å². The lowest BCUT2D eigenvalue weighted by Crippen LogP contribution is -2.11. The second kappa shape index (κ2) is 6.96. The van der Waals surface area contributed by atoms with Gasteiger partial charge in [-0.25, -0.2) is 9.97 Å². The molecule has 0 aliphatic heterocycles. The molecule has 0 amide bonds. The van der Waals surface area contributed by atoms with Crippen molar-refractivity contribution in [3.8, 4) is 11.1 Å². The molecule has 23 heavy (non-hydrogen) atoms. The van der Waals surface area contributed by atoms with Crippen molar-refractivity contribution in [2.24, 2.45) is 0 Å². The van der Waals surface area contributed by atoms with Crippen LogP contribution in [0.1, 0.15) is 23.9 Å². The van der Waals surface area contributed by atoms with Gasteiger partial charge in [-0.05, 0) is 49.6 Å². The van der Waals surface area contributed by atoms with Crippen LogP contribution in [0.4, 0.5) is 5.69 Å². The first-order chi connectivity index (χ1) is 10.9. The monoisotopic (exact) mass is 308 g/mol. The zero-order valence-electron chi connectivity index (χ0n) is 13.6. The Morgan fingerprint density at radius 3 is 2.48 bits per heavy atom. The lowest BCUT2D eigenvalue weighted by molar-refractivity contribution is -0.106. The number of aldehydes is 1. The van der Waals surface area contributed by atoms with E-state index >= 15 is 0 Å². The third-order valence-corrected chi connectivity index (χ3v) is 3.51. The molecular formula is C18H20N4O. The Kier molecular flexibility index (Phi) is 5.01. The molecule has 2 aromatic rings. The molecule has 5 heteroatoms. The Morgan fingerprint density at radius 1 is 1.26 bits per heavy atom. The number of nitrogens with zero attached hydrogens (tertiary/aromatic N) is 2. The average Bonchev–Trinajstić information content (AvgIpc) is 2.53. The number of benzene rings is 1. The number of aryl methyl sites for hydroxylation is 2. The van der Waals surface area contributed by atoms with Gasteiger partial charge >= 0.3 is 0 Å². The molecule has 0 aliphatic carbocycles. The Balaban J connectivity index is 2.59. The van der Waals surface area contributed by atoms with Crippen molar-refractivity contribution in [3.63, 3.8) is 0 Å². The lowest BCUT2D eigenvalue weighted by Gasteiger charge is -2.17. The highest BCUT2D eigenvalue weighted by atomic mass is 16.1. The van der Waals surface area contributed by atoms with Gasteiger partial charge in [-0.1, -0.05) is 6.58 Å². The smallest absolute Gasteiger partial charge is 0.139 e. The first kappa shape index (κ1) is 16.5. The minimum absolute atomic E-state index is 0.199. The van der Waals surface area contributed by atoms with Gasteiger partial charge in [0.05, 0.1) is 12.3 Å². The molecule has 118 valence electrons. The molecule has 0 spiro atoms. The predicted octanol–water partition coefficient (Wildman–Crippen LogP) is 3.32. The number of anilines is 1. The normalized spacial score (nSPS) is 10.2. The summed E-state index contributed by atoms with van der Waals surface area (Å²) in [5.74, 6) is 0.713. The molecule has 0 radical (unpaired) electrons. The van der Waals surface area contributed by atoms with E-state index in [9.17, 15) is 4.79 Å². The number of nitrogens with one attached hydrogen (secondary N) is 2. The summed E-state index contributed by atoms with van der Waals surface area (Å²) in [6, 6.07) is 3.90. The zero-order valence-corrected chi connectivity index (χ0v) is 13.6. The third-order valence-electron chi connectivity index (χ3n) is 3.51. The molecule has 2 rings (SSSR count). The number of aromatic nitrogens is 2. The van der Waals surface area contributed by atoms with Crippen molar-refractivity contribution < 1.29 is 4.79 Å². The fraction of sp³-hybridized carbons (Fsp3) is 0.222. The Bertz CT molecular complexity index is 763. The van der Waals surface area contributed by atoms with Crippen LogP contribution in [0.2, 0.25) is 0 Å². The van der Waals surface area contributed by atoms with Crippen LogP contribution >= 0.6 is 0 Å². The molecule has 0 atom stereocenters. The minimum atomic E-state index is 0.199. The van der Waals surface area contributed by atoms with E-state index in [2.05, 4.69) is 21.9 Å². The third kappa shape index (κ3) is 3.69. The Labute approximate surface area is 136 Å². The van der Waals surface area contributed by atoms with Crippen LogP contribution in [0.5, 0.6) is 0 Å². The maximum Gasteiger partial charge on any atom is 0.139 e. The maximum absolute atomic E-state index is 10.7. The van der Waals surface area contributed by atoms with Gasteiger partial charge in [-0.15, -0.1) is 0 Å². The predicted molar refractivity (Wildman–Crippen MR) is 93.1 cm³/mol. The molecular weight excluding hydrogens is 288 g/mol. The van der Waals surface area contributed by atoms with Crippen molar-refractivity contribution in [1.82, 2.24) is 9.97 Å². The topological polar surface area (TPSA) is 78.7 Å². The number of carbonyl (C=O) groups excluding carboxylic acids is 1. The summed E-state index contributed by atoms with van der Waals surface area (Å²) < 4.78 is 0. The number of hydrogen-bond donors (Lipinski definition) is 2. The van der Waals surface area contributed by atoms with E-state index in [0.717, 1.165) is 34.2 Å². The van der Waals surface area contributed by atoms with Crippen LogP contribution in [0.25, 0.3) is 11.1 Å². The summed E-state index contributed by atoms with van der Waals surface area (Å²) in [5.41, 5.74) is 5.27. The molecule has 5 nitrogen and oxygen atoms in total. The summed E-state index contributed by atoms with van der Waals surface area (Å²) in [5, 5.41) is 11.4. The lowest BCUT2D eigenvalue weighted by atomic mass is 9.95. The SMILES string of the molecule is C=C(C)C(=N)c1cc(-c2cnc(C)nc2)cc(C)c1NCC=O. The molecule has 0 saturated carbocycles. The van der Waals surface area contributed by atoms with E-state index in [-0.39, 0.29) is 6.54 Å². The molecule has 2 N–H and O–H groups in total. The van der Waals surface area contributed by atoms with E-state index < -0.39 is 0 Å². The van der Waals surface area contributed by atoms with E-state index in [0.29, 0.717) is 17.1 Å². The maximum atomic E-state index is 10.7. The second-order valence-electron chi connectivity index (χ2n) is 5.44. The highest BCUT2D eigenvalue weighted by Crippen LogP contribution is 2.29. The van der Waals surface area contributed by atoms with Gasteiger partial charge in [0.25, 0.3) is 0 Å². The van der Waals surface area contributed by atoms with Crippen LogP contribution in [-0.2, 0) is 4.79 Å². The van der Waals surface area contributed by atoms with Gasteiger partial charge in [-0.2, -0.15) is 0 Å². The van der Waals surface area contributed by atoms with Gasteiger partial charge in [-0.3, -0.25) is 5.41 Å². The molecule has 0 unspecified atom stereocenters. The van der Waals surface area contributed by atoms with Gasteiger partial charge < -0.3 is 10.1 Å². The molecule has 0 saturated heterocycles. The Morgan fingerprint density at radius 2 is 1.91 bits per heavy atom. The zero-order chi connectivity index (χ0) is 17.0. The van der Waals surface area contributed by atoms with Crippen LogP contribution in [0.15, 0.2) is 36.7 Å². The fourth-order valence-electron chi connectivity index (χ4n) is 2.30. The number of rotatable bonds is 6. The largest absolute Gasteiger partial charge is 0.377 e. The van der Waals surface area contributed by atoms with Crippen molar-refractivity contribution in [2.45, 2.75) is 20.8 Å². The molecule has 0 bridgehead atoms. The highest BCUT2D eigenvalue weighted by molar-refractivity contribution is 6.14. The summed E-state index contributed by atoms with van der Waals surface area (Å²) in [6.07, 6.45) is 4.34. The Hall–Kier alpha value is -2.82. The van der Waals surface area contributed by atoms with Gasteiger partial charge in [0.1, 0.15) is 12.1 Å². The number of allylic oxidation sites excluding steroid dienone is 1. The summed E-state index contributed by atoms with van der Waals surface area (Å²) in [7, 11) is 0. The van der Waals surface area contributed by atoms with E-state index in [1.807, 2.05) is 26.0 Å². The van der Waals surface area contributed by atoms with Gasteiger partial charge in [0.2, 0.25) is 0 Å². The fourth-order valence-corrected chi connectivity index (χ4v) is 2.30. The second-order valence-corrected chi connectivity index (χ2v) is 5.44. The van der Waals surface area contributed by atoms with Crippen LogP contribution in [0, 0.1) is 19.3 Å². The summed E-state index contributed by atoms with van der Waals surface area (Å²) in [4.78, 5) is 19.1.